The van der Waals surface area contributed by atoms with Crippen LogP contribution >= 0.6 is 0 Å². The minimum absolute atomic E-state index is 0.239. The first kappa shape index (κ1) is 21.4. The van der Waals surface area contributed by atoms with E-state index in [1.807, 2.05) is 13.0 Å². The second-order valence-corrected chi connectivity index (χ2v) is 8.09. The number of rotatable bonds is 9. The molecule has 3 heterocycles. The normalized spacial score (nSPS) is 17.4. The molecule has 0 aliphatic carbocycles. The molecule has 0 bridgehead atoms. The summed E-state index contributed by atoms with van der Waals surface area (Å²) in [7, 11) is 0. The van der Waals surface area contributed by atoms with Gasteiger partial charge in [-0.1, -0.05) is 6.92 Å². The van der Waals surface area contributed by atoms with Gasteiger partial charge in [-0.05, 0) is 70.8 Å². The molecule has 160 valence electrons. The van der Waals surface area contributed by atoms with Gasteiger partial charge in [0.15, 0.2) is 5.96 Å². The summed E-state index contributed by atoms with van der Waals surface area (Å²) in [5.41, 5.74) is 2.27. The maximum Gasteiger partial charge on any atom is 0.191 e. The number of furan rings is 1. The summed E-state index contributed by atoms with van der Waals surface area (Å²) < 4.78 is 7.81. The Hall–Kier alpha value is -2.28. The average Bonchev–Trinajstić information content (AvgIpc) is 3.44. The van der Waals surface area contributed by atoms with Crippen molar-refractivity contribution in [3.05, 3.63) is 41.6 Å². The Morgan fingerprint density at radius 2 is 2.07 bits per heavy atom. The van der Waals surface area contributed by atoms with Crippen LogP contribution in [0.2, 0.25) is 0 Å². The van der Waals surface area contributed by atoms with Crippen LogP contribution in [0.25, 0.3) is 0 Å². The molecule has 7 heteroatoms. The lowest BCUT2D eigenvalue weighted by molar-refractivity contribution is 0.215. The van der Waals surface area contributed by atoms with Gasteiger partial charge in [-0.3, -0.25) is 14.6 Å². The highest BCUT2D eigenvalue weighted by atomic mass is 16.3. The Balaban J connectivity index is 1.58. The Labute approximate surface area is 174 Å². The standard InChI is InChI=1S/C22H36N6O/c1-5-23-22(24-14-17(2)16-28-19(4)13-18(3)26-28)25-15-20(21-9-8-12-29-21)27-10-6-7-11-27/h8-9,12-13,17,20H,5-7,10-11,14-16H2,1-4H3,(H2,23,24,25). The number of nitrogens with one attached hydrogen (secondary N) is 2. The van der Waals surface area contributed by atoms with Crippen LogP contribution in [-0.2, 0) is 6.54 Å². The van der Waals surface area contributed by atoms with Gasteiger partial charge in [-0.2, -0.15) is 5.10 Å². The Bertz CT molecular complexity index is 760. The lowest BCUT2D eigenvalue weighted by atomic mass is 10.2. The Morgan fingerprint density at radius 3 is 2.69 bits per heavy atom. The van der Waals surface area contributed by atoms with Gasteiger partial charge in [-0.15, -0.1) is 0 Å². The van der Waals surface area contributed by atoms with E-state index in [0.717, 1.165) is 56.7 Å². The van der Waals surface area contributed by atoms with Gasteiger partial charge < -0.3 is 15.1 Å². The molecule has 2 unspecified atom stereocenters. The van der Waals surface area contributed by atoms with E-state index < -0.39 is 0 Å². The van der Waals surface area contributed by atoms with E-state index in [9.17, 15) is 0 Å². The summed E-state index contributed by atoms with van der Waals surface area (Å²) in [4.78, 5) is 7.33. The van der Waals surface area contributed by atoms with Crippen LogP contribution in [-0.4, -0.2) is 53.4 Å². The lowest BCUT2D eigenvalue weighted by Crippen LogP contribution is -2.42. The van der Waals surface area contributed by atoms with Crippen LogP contribution in [0.4, 0.5) is 0 Å². The zero-order chi connectivity index (χ0) is 20.6. The molecule has 1 aliphatic heterocycles. The van der Waals surface area contributed by atoms with E-state index in [1.54, 1.807) is 6.26 Å². The van der Waals surface area contributed by atoms with E-state index in [-0.39, 0.29) is 6.04 Å². The quantitative estimate of drug-likeness (QED) is 0.500. The number of hydrogen-bond acceptors (Lipinski definition) is 4. The monoisotopic (exact) mass is 400 g/mol. The Kier molecular flexibility index (Phi) is 7.75. The third-order valence-corrected chi connectivity index (χ3v) is 5.41. The SMILES string of the molecule is CCNC(=NCC(C)Cn1nc(C)cc1C)NCC(c1ccco1)N1CCCC1. The van der Waals surface area contributed by atoms with Gasteiger partial charge in [0.1, 0.15) is 5.76 Å². The first-order valence-corrected chi connectivity index (χ1v) is 10.9. The molecule has 1 aliphatic rings. The third-order valence-electron chi connectivity index (χ3n) is 5.41. The zero-order valence-corrected chi connectivity index (χ0v) is 18.3. The molecule has 0 spiro atoms. The molecule has 0 amide bonds. The molecule has 0 saturated carbocycles. The van der Waals surface area contributed by atoms with E-state index >= 15 is 0 Å². The van der Waals surface area contributed by atoms with Crippen LogP contribution in [0.3, 0.4) is 0 Å². The number of aryl methyl sites for hydroxylation is 2. The predicted molar refractivity (Wildman–Crippen MR) is 117 cm³/mol. The Morgan fingerprint density at radius 1 is 1.28 bits per heavy atom. The van der Waals surface area contributed by atoms with E-state index in [1.165, 1.54) is 18.5 Å². The van der Waals surface area contributed by atoms with Gasteiger partial charge >= 0.3 is 0 Å². The molecule has 2 aromatic rings. The summed E-state index contributed by atoms with van der Waals surface area (Å²) in [6, 6.07) is 6.40. The summed E-state index contributed by atoms with van der Waals surface area (Å²) in [5, 5.41) is 11.5. The van der Waals surface area contributed by atoms with Crippen molar-refractivity contribution >= 4 is 5.96 Å². The molecule has 1 saturated heterocycles. The van der Waals surface area contributed by atoms with Gasteiger partial charge in [0.05, 0.1) is 18.0 Å². The summed E-state index contributed by atoms with van der Waals surface area (Å²) in [6.07, 6.45) is 4.28. The second-order valence-electron chi connectivity index (χ2n) is 8.09. The highest BCUT2D eigenvalue weighted by Crippen LogP contribution is 2.24. The largest absolute Gasteiger partial charge is 0.468 e. The number of aliphatic imine (C=N–C) groups is 1. The zero-order valence-electron chi connectivity index (χ0n) is 18.3. The van der Waals surface area contributed by atoms with Crippen molar-refractivity contribution < 1.29 is 4.42 Å². The molecule has 2 atom stereocenters. The molecular weight excluding hydrogens is 364 g/mol. The smallest absolute Gasteiger partial charge is 0.191 e. The van der Waals surface area contributed by atoms with Crippen molar-refractivity contribution in [1.82, 2.24) is 25.3 Å². The number of nitrogens with zero attached hydrogens (tertiary/aromatic N) is 4. The minimum atomic E-state index is 0.239. The molecule has 2 aromatic heterocycles. The third kappa shape index (κ3) is 6.10. The van der Waals surface area contributed by atoms with Crippen molar-refractivity contribution in [2.75, 3.05) is 32.7 Å². The number of hydrogen-bond donors (Lipinski definition) is 2. The number of likely N-dealkylation sites (tertiary alicyclic amines) is 1. The molecule has 29 heavy (non-hydrogen) atoms. The number of aromatic nitrogens is 2. The molecule has 0 aromatic carbocycles. The molecule has 1 fully saturated rings. The maximum absolute atomic E-state index is 5.73. The molecule has 2 N–H and O–H groups in total. The van der Waals surface area contributed by atoms with Crippen molar-refractivity contribution in [3.8, 4) is 0 Å². The van der Waals surface area contributed by atoms with Crippen LogP contribution in [0.5, 0.6) is 0 Å². The van der Waals surface area contributed by atoms with Crippen LogP contribution < -0.4 is 10.6 Å². The molecule has 7 nitrogen and oxygen atoms in total. The van der Waals surface area contributed by atoms with Gasteiger partial charge in [-0.25, -0.2) is 0 Å². The van der Waals surface area contributed by atoms with Crippen LogP contribution in [0.1, 0.15) is 49.9 Å². The second kappa shape index (κ2) is 10.5. The summed E-state index contributed by atoms with van der Waals surface area (Å²) in [5.74, 6) is 2.29. The van der Waals surface area contributed by atoms with E-state index in [4.69, 9.17) is 9.41 Å². The van der Waals surface area contributed by atoms with Crippen molar-refractivity contribution in [2.45, 2.75) is 53.1 Å². The number of guanidine groups is 1. The highest BCUT2D eigenvalue weighted by Gasteiger charge is 2.25. The van der Waals surface area contributed by atoms with E-state index in [0.29, 0.717) is 5.92 Å². The maximum atomic E-state index is 5.73. The summed E-state index contributed by atoms with van der Waals surface area (Å²) in [6.45, 7) is 14.0. The van der Waals surface area contributed by atoms with Gasteiger partial charge in [0.25, 0.3) is 0 Å². The topological polar surface area (TPSA) is 70.6 Å². The highest BCUT2D eigenvalue weighted by molar-refractivity contribution is 5.79. The fourth-order valence-electron chi connectivity index (χ4n) is 3.94. The van der Waals surface area contributed by atoms with Crippen LogP contribution in [0, 0.1) is 19.8 Å². The molecule has 3 rings (SSSR count). The first-order chi connectivity index (χ1) is 14.1. The fraction of sp³-hybridized carbons (Fsp3) is 0.636. The first-order valence-electron chi connectivity index (χ1n) is 10.9. The molecular formula is C22H36N6O. The molecule has 0 radical (unpaired) electrons. The predicted octanol–water partition coefficient (Wildman–Crippen LogP) is 3.12. The average molecular weight is 401 g/mol. The van der Waals surface area contributed by atoms with Crippen molar-refractivity contribution in [1.29, 1.82) is 0 Å². The van der Waals surface area contributed by atoms with Crippen molar-refractivity contribution in [2.24, 2.45) is 10.9 Å². The van der Waals surface area contributed by atoms with Gasteiger partial charge in [0, 0.05) is 31.9 Å². The fourth-order valence-corrected chi connectivity index (χ4v) is 3.94. The van der Waals surface area contributed by atoms with E-state index in [2.05, 4.69) is 58.2 Å². The van der Waals surface area contributed by atoms with Crippen LogP contribution in [0.15, 0.2) is 33.9 Å². The van der Waals surface area contributed by atoms with Crippen molar-refractivity contribution in [3.63, 3.8) is 0 Å². The summed E-state index contributed by atoms with van der Waals surface area (Å²) >= 11 is 0. The minimum Gasteiger partial charge on any atom is -0.468 e. The lowest BCUT2D eigenvalue weighted by Gasteiger charge is -2.26. The van der Waals surface area contributed by atoms with Gasteiger partial charge in [0.2, 0.25) is 0 Å².